The SMILES string of the molecule is CC/C=C\C/C=C\C/C=C\C/C=C\C/C=C\C/C=C\C/C=C\C/C=C\CCCCCCCCC(=O)OCC(COC(=O)CCCCCCCCCC)OC(=O)CCCC/C=C\C/C=C\C/C=C\C/C=C\C/C=C\C/C=C\CC. The van der Waals surface area contributed by atoms with Crippen molar-refractivity contribution in [2.24, 2.45) is 0 Å². The lowest BCUT2D eigenvalue weighted by Crippen LogP contribution is -2.30. The van der Waals surface area contributed by atoms with Crippen LogP contribution in [0.5, 0.6) is 0 Å². The Kier molecular flexibility index (Phi) is 60.0. The molecule has 0 aromatic carbocycles. The molecule has 0 rings (SSSR count). The van der Waals surface area contributed by atoms with Crippen LogP contribution in [0.3, 0.4) is 0 Å². The average Bonchev–Trinajstić information content (AvgIpc) is 3.44. The van der Waals surface area contributed by atoms with E-state index in [0.29, 0.717) is 19.3 Å². The summed E-state index contributed by atoms with van der Waals surface area (Å²) in [5, 5.41) is 0. The molecular weight excluding hydrogens is 961 g/mol. The number of unbranched alkanes of at least 4 members (excludes halogenated alkanes) is 15. The van der Waals surface area contributed by atoms with E-state index in [4.69, 9.17) is 14.2 Å². The third-order valence-corrected chi connectivity index (χ3v) is 12.5. The van der Waals surface area contributed by atoms with E-state index in [9.17, 15) is 14.4 Å². The fourth-order valence-corrected chi connectivity index (χ4v) is 7.87. The number of esters is 3. The molecule has 0 aliphatic carbocycles. The van der Waals surface area contributed by atoms with Gasteiger partial charge in [-0.15, -0.1) is 0 Å². The molecule has 6 nitrogen and oxygen atoms in total. The first-order chi connectivity index (χ1) is 38.5. The molecule has 0 radical (unpaired) electrons. The molecule has 0 aliphatic rings. The van der Waals surface area contributed by atoms with Crippen LogP contribution >= 0.6 is 0 Å². The quantitative estimate of drug-likeness (QED) is 0.0261. The summed E-state index contributed by atoms with van der Waals surface area (Å²) in [5.41, 5.74) is 0. The van der Waals surface area contributed by atoms with Gasteiger partial charge in [0.05, 0.1) is 0 Å². The second-order valence-electron chi connectivity index (χ2n) is 19.9. The number of carbonyl (C=O) groups is 3. The van der Waals surface area contributed by atoms with Gasteiger partial charge in [0.1, 0.15) is 13.2 Å². The summed E-state index contributed by atoms with van der Waals surface area (Å²) in [6.07, 6.45) is 95.1. The smallest absolute Gasteiger partial charge is 0.306 e. The van der Waals surface area contributed by atoms with E-state index >= 15 is 0 Å². The second kappa shape index (κ2) is 64.3. The number of hydrogen-bond donors (Lipinski definition) is 0. The summed E-state index contributed by atoms with van der Waals surface area (Å²) in [4.78, 5) is 38.1. The molecule has 0 amide bonds. The molecule has 0 fully saturated rings. The summed E-state index contributed by atoms with van der Waals surface area (Å²) in [7, 11) is 0. The second-order valence-corrected chi connectivity index (χ2v) is 19.9. The van der Waals surface area contributed by atoms with Gasteiger partial charge in [0.25, 0.3) is 0 Å². The molecule has 6 heteroatoms. The van der Waals surface area contributed by atoms with Crippen molar-refractivity contribution in [3.8, 4) is 0 Å². The van der Waals surface area contributed by atoms with Gasteiger partial charge < -0.3 is 14.2 Å². The Labute approximate surface area is 479 Å². The van der Waals surface area contributed by atoms with Crippen molar-refractivity contribution in [1.29, 1.82) is 0 Å². The predicted molar refractivity (Wildman–Crippen MR) is 338 cm³/mol. The standard InChI is InChI=1S/C72H112O6/c1-4-7-10-13-16-19-21-23-25-27-29-31-32-33-34-35-36-37-38-39-40-42-43-45-47-49-51-53-56-59-62-65-71(74)77-68-69(67-76-70(73)64-61-58-55-18-15-12-9-6-3)78-72(75)66-63-60-57-54-52-50-48-46-44-41-30-28-26-24-22-20-17-14-11-8-5-2/h7-8,10-11,16-17,19-20,23-26,29-31,33-34,36-37,39-41,43,45-46,48,52,54,69H,4-6,9,12-15,18,21-22,27-28,32,35,38,42,44,47,49-51,53,55-68H2,1-3H3/b10-7-,11-8-,19-16-,20-17-,25-23-,26-24-,31-29-,34-33-,37-36-,40-39-,41-30-,45-43-,48-46-,54-52-. The lowest BCUT2D eigenvalue weighted by molar-refractivity contribution is -0.167. The van der Waals surface area contributed by atoms with Crippen molar-refractivity contribution in [2.45, 2.75) is 252 Å². The zero-order chi connectivity index (χ0) is 56.4. The van der Waals surface area contributed by atoms with E-state index in [0.717, 1.165) is 154 Å². The van der Waals surface area contributed by atoms with Crippen LogP contribution in [0.4, 0.5) is 0 Å². The van der Waals surface area contributed by atoms with Crippen molar-refractivity contribution in [3.63, 3.8) is 0 Å². The zero-order valence-electron chi connectivity index (χ0n) is 49.9. The molecule has 0 heterocycles. The van der Waals surface area contributed by atoms with Crippen molar-refractivity contribution in [3.05, 3.63) is 170 Å². The number of allylic oxidation sites excluding steroid dienone is 28. The highest BCUT2D eigenvalue weighted by molar-refractivity contribution is 5.71. The Morgan fingerprint density at radius 2 is 0.500 bits per heavy atom. The van der Waals surface area contributed by atoms with Gasteiger partial charge in [-0.2, -0.15) is 0 Å². The lowest BCUT2D eigenvalue weighted by atomic mass is 10.1. The lowest BCUT2D eigenvalue weighted by Gasteiger charge is -2.18. The van der Waals surface area contributed by atoms with Crippen molar-refractivity contribution in [2.75, 3.05) is 13.2 Å². The molecule has 1 atom stereocenters. The molecule has 0 saturated heterocycles. The van der Waals surface area contributed by atoms with E-state index in [2.05, 4.69) is 191 Å². The van der Waals surface area contributed by atoms with Crippen LogP contribution in [0.25, 0.3) is 0 Å². The molecule has 0 bridgehead atoms. The maximum Gasteiger partial charge on any atom is 0.306 e. The molecule has 0 aromatic rings. The van der Waals surface area contributed by atoms with E-state index in [1.165, 1.54) is 44.9 Å². The highest BCUT2D eigenvalue weighted by Crippen LogP contribution is 2.13. The summed E-state index contributed by atoms with van der Waals surface area (Å²) in [6, 6.07) is 0. The van der Waals surface area contributed by atoms with Gasteiger partial charge >= 0.3 is 17.9 Å². The van der Waals surface area contributed by atoms with Gasteiger partial charge in [-0.1, -0.05) is 262 Å². The fourth-order valence-electron chi connectivity index (χ4n) is 7.87. The zero-order valence-corrected chi connectivity index (χ0v) is 49.9. The van der Waals surface area contributed by atoms with E-state index < -0.39 is 6.10 Å². The monoisotopic (exact) mass is 1070 g/mol. The molecule has 78 heavy (non-hydrogen) atoms. The first-order valence-electron chi connectivity index (χ1n) is 31.1. The topological polar surface area (TPSA) is 78.9 Å². The molecule has 1 unspecified atom stereocenters. The fraction of sp³-hybridized carbons (Fsp3) is 0.569. The highest BCUT2D eigenvalue weighted by Gasteiger charge is 2.19. The third-order valence-electron chi connectivity index (χ3n) is 12.5. The molecule has 0 aromatic heterocycles. The summed E-state index contributed by atoms with van der Waals surface area (Å²) in [6.45, 7) is 6.32. The summed E-state index contributed by atoms with van der Waals surface area (Å²) >= 11 is 0. The van der Waals surface area contributed by atoms with Gasteiger partial charge in [-0.3, -0.25) is 14.4 Å². The average molecular weight is 1070 g/mol. The van der Waals surface area contributed by atoms with Crippen LogP contribution < -0.4 is 0 Å². The number of rotatable bonds is 54. The minimum atomic E-state index is -0.814. The molecule has 0 spiro atoms. The van der Waals surface area contributed by atoms with Crippen molar-refractivity contribution >= 4 is 17.9 Å². The predicted octanol–water partition coefficient (Wildman–Crippen LogP) is 21.5. The maximum atomic E-state index is 12.8. The summed E-state index contributed by atoms with van der Waals surface area (Å²) < 4.78 is 16.8. The van der Waals surface area contributed by atoms with Crippen LogP contribution in [0.1, 0.15) is 245 Å². The molecule has 436 valence electrons. The van der Waals surface area contributed by atoms with Gasteiger partial charge in [0, 0.05) is 19.3 Å². The van der Waals surface area contributed by atoms with Crippen LogP contribution in [0, 0.1) is 0 Å². The van der Waals surface area contributed by atoms with Crippen molar-refractivity contribution < 1.29 is 28.6 Å². The van der Waals surface area contributed by atoms with E-state index in [1.807, 2.05) is 0 Å². The largest absolute Gasteiger partial charge is 0.462 e. The first-order valence-corrected chi connectivity index (χ1v) is 31.1. The Balaban J connectivity index is 4.33. The molecular formula is C72H112O6. The Bertz CT molecular complexity index is 1810. The molecule has 0 saturated carbocycles. The summed E-state index contributed by atoms with van der Waals surface area (Å²) in [5.74, 6) is -0.978. The van der Waals surface area contributed by atoms with Gasteiger partial charge in [-0.05, 0) is 135 Å². The Hall–Kier alpha value is -5.23. The Morgan fingerprint density at radius 3 is 0.808 bits per heavy atom. The van der Waals surface area contributed by atoms with Gasteiger partial charge in [0.15, 0.2) is 6.10 Å². The number of ether oxygens (including phenoxy) is 3. The number of hydrogen-bond acceptors (Lipinski definition) is 6. The van der Waals surface area contributed by atoms with E-state index in [1.54, 1.807) is 0 Å². The first kappa shape index (κ1) is 72.8. The maximum absolute atomic E-state index is 12.8. The molecule has 0 N–H and O–H groups in total. The number of carbonyl (C=O) groups excluding carboxylic acids is 3. The van der Waals surface area contributed by atoms with E-state index in [-0.39, 0.29) is 37.5 Å². The molecule has 0 aliphatic heterocycles. The van der Waals surface area contributed by atoms with Crippen LogP contribution in [0.2, 0.25) is 0 Å². The van der Waals surface area contributed by atoms with Crippen LogP contribution in [-0.2, 0) is 28.6 Å². The van der Waals surface area contributed by atoms with Gasteiger partial charge in [0.2, 0.25) is 0 Å². The van der Waals surface area contributed by atoms with Gasteiger partial charge in [-0.25, -0.2) is 0 Å². The van der Waals surface area contributed by atoms with Crippen molar-refractivity contribution in [1.82, 2.24) is 0 Å². The minimum absolute atomic E-state index is 0.107. The third kappa shape index (κ3) is 61.6. The minimum Gasteiger partial charge on any atom is -0.462 e. The van der Waals surface area contributed by atoms with Crippen LogP contribution in [-0.4, -0.2) is 37.2 Å². The van der Waals surface area contributed by atoms with Crippen LogP contribution in [0.15, 0.2) is 170 Å². The Morgan fingerprint density at radius 1 is 0.269 bits per heavy atom. The highest BCUT2D eigenvalue weighted by atomic mass is 16.6. The normalized spacial score (nSPS) is 13.3.